The van der Waals surface area contributed by atoms with Crippen LogP contribution in [0.3, 0.4) is 0 Å². The molecule has 4 rings (SSSR count). The van der Waals surface area contributed by atoms with Crippen molar-refractivity contribution in [3.63, 3.8) is 0 Å². The van der Waals surface area contributed by atoms with Crippen molar-refractivity contribution >= 4 is 49.7 Å². The maximum Gasteiger partial charge on any atom is 0.281 e. The second-order valence-corrected chi connectivity index (χ2v) is 10.8. The first-order chi connectivity index (χ1) is 16.6. The third kappa shape index (κ3) is 5.84. The van der Waals surface area contributed by atoms with E-state index in [-0.39, 0.29) is 21.1 Å². The van der Waals surface area contributed by atoms with Gasteiger partial charge in [-0.25, -0.2) is 14.4 Å². The van der Waals surface area contributed by atoms with Gasteiger partial charge in [0.25, 0.3) is 10.0 Å². The average Bonchev–Trinajstić information content (AvgIpc) is 3.17. The van der Waals surface area contributed by atoms with E-state index in [1.165, 1.54) is 42.7 Å². The molecule has 0 aliphatic carbocycles. The highest BCUT2D eigenvalue weighted by Gasteiger charge is 2.23. The Morgan fingerprint density at radius 2 is 1.89 bits per heavy atom. The normalized spacial score (nSPS) is 11.3. The number of carbonyl (C=O) groups is 1. The number of aromatic nitrogens is 2. The quantitative estimate of drug-likeness (QED) is 0.321. The van der Waals surface area contributed by atoms with E-state index in [1.807, 2.05) is 30.3 Å². The van der Waals surface area contributed by atoms with Gasteiger partial charge in [-0.2, -0.15) is 8.42 Å². The van der Waals surface area contributed by atoms with Crippen LogP contribution >= 0.6 is 22.9 Å². The van der Waals surface area contributed by atoms with E-state index in [2.05, 4.69) is 20.0 Å². The Morgan fingerprint density at radius 1 is 1.14 bits per heavy atom. The molecule has 0 atom stereocenters. The summed E-state index contributed by atoms with van der Waals surface area (Å²) in [7, 11) is -4.07. The number of halogens is 2. The summed E-state index contributed by atoms with van der Waals surface area (Å²) in [5.74, 6) is -0.845. The minimum absolute atomic E-state index is 0.0534. The van der Waals surface area contributed by atoms with Crippen LogP contribution in [0.15, 0.2) is 65.8 Å². The molecule has 0 saturated heterocycles. The zero-order valence-corrected chi connectivity index (χ0v) is 21.1. The van der Waals surface area contributed by atoms with E-state index in [0.29, 0.717) is 28.9 Å². The largest absolute Gasteiger partial charge is 0.325 e. The molecule has 0 aliphatic heterocycles. The van der Waals surface area contributed by atoms with Crippen LogP contribution in [0.25, 0.3) is 11.3 Å². The van der Waals surface area contributed by atoms with Gasteiger partial charge in [-0.1, -0.05) is 41.9 Å². The van der Waals surface area contributed by atoms with Crippen molar-refractivity contribution in [3.05, 3.63) is 87.6 Å². The van der Waals surface area contributed by atoms with Crippen LogP contribution < -0.4 is 10.0 Å². The predicted octanol–water partition coefficient (Wildman–Crippen LogP) is 5.66. The van der Waals surface area contributed by atoms with Crippen molar-refractivity contribution in [3.8, 4) is 11.3 Å². The monoisotopic (exact) mass is 530 g/mol. The van der Waals surface area contributed by atoms with Crippen molar-refractivity contribution in [1.82, 2.24) is 9.97 Å². The van der Waals surface area contributed by atoms with Crippen LogP contribution in [0, 0.1) is 12.7 Å². The van der Waals surface area contributed by atoms with E-state index in [0.717, 1.165) is 10.4 Å². The number of rotatable bonds is 7. The zero-order chi connectivity index (χ0) is 25.2. The van der Waals surface area contributed by atoms with E-state index >= 15 is 0 Å². The molecule has 0 bridgehead atoms. The van der Waals surface area contributed by atoms with Gasteiger partial charge in [0.15, 0.2) is 10.2 Å². The summed E-state index contributed by atoms with van der Waals surface area (Å²) in [4.78, 5) is 20.6. The molecule has 2 N–H and O–H groups in total. The van der Waals surface area contributed by atoms with E-state index in [9.17, 15) is 17.6 Å². The van der Waals surface area contributed by atoms with Crippen LogP contribution in [0.4, 0.5) is 15.2 Å². The molecule has 1 amide bonds. The maximum absolute atomic E-state index is 13.7. The van der Waals surface area contributed by atoms with Gasteiger partial charge in [-0.3, -0.25) is 9.52 Å². The number of aryl methyl sites for hydroxylation is 1. The van der Waals surface area contributed by atoms with Crippen LogP contribution in [0.5, 0.6) is 0 Å². The second kappa shape index (κ2) is 10.1. The molecule has 180 valence electrons. The topological polar surface area (TPSA) is 101 Å². The number of sulfonamides is 1. The minimum Gasteiger partial charge on any atom is -0.325 e. The maximum atomic E-state index is 13.7. The van der Waals surface area contributed by atoms with Crippen LogP contribution in [-0.2, 0) is 21.2 Å². The minimum atomic E-state index is -4.07. The van der Waals surface area contributed by atoms with Gasteiger partial charge in [-0.05, 0) is 42.3 Å². The first-order valence-corrected chi connectivity index (χ1v) is 13.1. The van der Waals surface area contributed by atoms with Crippen molar-refractivity contribution in [2.75, 3.05) is 10.0 Å². The van der Waals surface area contributed by atoms with Crippen LogP contribution in [-0.4, -0.2) is 24.3 Å². The van der Waals surface area contributed by atoms with E-state index in [4.69, 9.17) is 11.6 Å². The Kier molecular flexibility index (Phi) is 7.15. The number of amides is 1. The highest BCUT2D eigenvalue weighted by molar-refractivity contribution is 7.92. The fraction of sp³-hybridized carbons (Fsp3) is 0.125. The number of thiazole rings is 1. The summed E-state index contributed by atoms with van der Waals surface area (Å²) in [5.41, 5.74) is 2.83. The third-order valence-electron chi connectivity index (χ3n) is 4.92. The van der Waals surface area contributed by atoms with E-state index < -0.39 is 15.8 Å². The second-order valence-electron chi connectivity index (χ2n) is 7.71. The summed E-state index contributed by atoms with van der Waals surface area (Å²) in [6.07, 6.45) is 1.77. The van der Waals surface area contributed by atoms with Gasteiger partial charge in [0.05, 0.1) is 22.6 Å². The average molecular weight is 531 g/mol. The first kappa shape index (κ1) is 24.8. The van der Waals surface area contributed by atoms with Crippen molar-refractivity contribution < 1.29 is 17.6 Å². The number of anilines is 2. The molecule has 2 heterocycles. The Labute approximate surface area is 211 Å². The molecule has 2 aromatic carbocycles. The molecule has 7 nitrogen and oxygen atoms in total. The first-order valence-electron chi connectivity index (χ1n) is 10.4. The van der Waals surface area contributed by atoms with Crippen molar-refractivity contribution in [1.29, 1.82) is 0 Å². The predicted molar refractivity (Wildman–Crippen MR) is 136 cm³/mol. The lowest BCUT2D eigenvalue weighted by Gasteiger charge is -2.09. The SMILES string of the molecule is CC(=O)Nc1cnc(S(=O)(=O)Nc2nc(-c3ccc(F)c(Cl)c3)c(Cc3ccccc3)s2)c(C)c1. The van der Waals surface area contributed by atoms with Gasteiger partial charge >= 0.3 is 0 Å². The van der Waals surface area contributed by atoms with Gasteiger partial charge < -0.3 is 5.32 Å². The number of benzene rings is 2. The molecule has 0 spiro atoms. The van der Waals surface area contributed by atoms with Gasteiger partial charge in [0, 0.05) is 23.8 Å². The Bertz CT molecular complexity index is 1510. The third-order valence-corrected chi connectivity index (χ3v) is 7.71. The fourth-order valence-electron chi connectivity index (χ4n) is 3.44. The molecule has 11 heteroatoms. The Balaban J connectivity index is 1.70. The molecular weight excluding hydrogens is 511 g/mol. The Morgan fingerprint density at radius 3 is 2.54 bits per heavy atom. The molecule has 2 aromatic heterocycles. The van der Waals surface area contributed by atoms with Gasteiger partial charge in [-0.15, -0.1) is 11.3 Å². The zero-order valence-electron chi connectivity index (χ0n) is 18.7. The van der Waals surface area contributed by atoms with Crippen LogP contribution in [0.2, 0.25) is 5.02 Å². The standard InChI is InChI=1S/C24H20ClFN4O3S2/c1-14-10-18(28-15(2)31)13-27-23(14)35(32,33)30-24-29-22(17-8-9-20(26)19(25)12-17)21(34-24)11-16-6-4-3-5-7-16/h3-10,12-13H,11H2,1-2H3,(H,28,31)(H,29,30). The van der Waals surface area contributed by atoms with Crippen molar-refractivity contribution in [2.45, 2.75) is 25.3 Å². The summed E-state index contributed by atoms with van der Waals surface area (Å²) < 4.78 is 42.5. The molecule has 0 radical (unpaired) electrons. The summed E-state index contributed by atoms with van der Waals surface area (Å²) in [6, 6.07) is 15.4. The molecule has 0 aliphatic rings. The number of hydrogen-bond acceptors (Lipinski definition) is 6. The lowest BCUT2D eigenvalue weighted by molar-refractivity contribution is -0.114. The Hall–Kier alpha value is -3.34. The summed E-state index contributed by atoms with van der Waals surface area (Å²) in [6.45, 7) is 2.93. The van der Waals surface area contributed by atoms with Gasteiger partial charge in [0.1, 0.15) is 5.82 Å². The number of pyridine rings is 1. The smallest absolute Gasteiger partial charge is 0.281 e. The molecular formula is C24H20ClFN4O3S2. The highest BCUT2D eigenvalue weighted by Crippen LogP contribution is 2.35. The molecule has 0 unspecified atom stereocenters. The summed E-state index contributed by atoms with van der Waals surface area (Å²) in [5, 5.41) is 2.47. The van der Waals surface area contributed by atoms with Crippen molar-refractivity contribution in [2.24, 2.45) is 0 Å². The number of nitrogens with zero attached hydrogens (tertiary/aromatic N) is 2. The lowest BCUT2D eigenvalue weighted by Crippen LogP contribution is -2.16. The number of hydrogen-bond donors (Lipinski definition) is 2. The highest BCUT2D eigenvalue weighted by atomic mass is 35.5. The fourth-order valence-corrected chi connectivity index (χ4v) is 6.04. The van der Waals surface area contributed by atoms with E-state index in [1.54, 1.807) is 13.0 Å². The number of carbonyl (C=O) groups excluding carboxylic acids is 1. The lowest BCUT2D eigenvalue weighted by atomic mass is 10.1. The molecule has 0 fully saturated rings. The number of nitrogens with one attached hydrogen (secondary N) is 2. The summed E-state index contributed by atoms with van der Waals surface area (Å²) >= 11 is 7.16. The van der Waals surface area contributed by atoms with Crippen LogP contribution in [0.1, 0.15) is 22.9 Å². The molecule has 0 saturated carbocycles. The molecule has 35 heavy (non-hydrogen) atoms. The molecule has 4 aromatic rings. The van der Waals surface area contributed by atoms with Gasteiger partial charge in [0.2, 0.25) is 5.91 Å².